The van der Waals surface area contributed by atoms with E-state index in [1.165, 1.54) is 0 Å². The number of aromatic nitrogens is 4. The highest BCUT2D eigenvalue weighted by Crippen LogP contribution is 2.31. The van der Waals surface area contributed by atoms with Gasteiger partial charge in [0.2, 0.25) is 5.91 Å². The molecular weight excluding hydrogens is 432 g/mol. The number of anilines is 1. The van der Waals surface area contributed by atoms with Gasteiger partial charge < -0.3 is 15.2 Å². The fourth-order valence-electron chi connectivity index (χ4n) is 3.87. The Morgan fingerprint density at radius 1 is 1.29 bits per heavy atom. The van der Waals surface area contributed by atoms with Gasteiger partial charge in [0, 0.05) is 23.7 Å². The van der Waals surface area contributed by atoms with E-state index in [9.17, 15) is 4.79 Å². The molecule has 3 aromatic heterocycles. The van der Waals surface area contributed by atoms with Crippen LogP contribution in [0.15, 0.2) is 47.7 Å². The van der Waals surface area contributed by atoms with E-state index >= 15 is 0 Å². The molecule has 0 radical (unpaired) electrons. The summed E-state index contributed by atoms with van der Waals surface area (Å²) < 4.78 is 2.07. The predicted molar refractivity (Wildman–Crippen MR) is 123 cm³/mol. The molecule has 158 valence electrons. The summed E-state index contributed by atoms with van der Waals surface area (Å²) in [6.07, 6.45) is 5.30. The first-order valence-corrected chi connectivity index (χ1v) is 11.5. The maximum Gasteiger partial charge on any atom is 0.229 e. The Labute approximate surface area is 188 Å². The molecule has 1 aliphatic heterocycles. The molecule has 1 saturated heterocycles. The fourth-order valence-corrected chi connectivity index (χ4v) is 4.63. The highest BCUT2D eigenvalue weighted by molar-refractivity contribution is 7.07. The predicted octanol–water partition coefficient (Wildman–Crippen LogP) is 4.19. The first kappa shape index (κ1) is 20.1. The third-order valence-corrected chi connectivity index (χ3v) is 6.46. The summed E-state index contributed by atoms with van der Waals surface area (Å²) in [6, 6.07) is 7.86. The highest BCUT2D eigenvalue weighted by atomic mass is 35.5. The normalized spacial score (nSPS) is 16.5. The number of rotatable bonds is 5. The average molecular weight is 453 g/mol. The maximum atomic E-state index is 12.6. The zero-order chi connectivity index (χ0) is 21.2. The van der Waals surface area contributed by atoms with Crippen LogP contribution in [0.25, 0.3) is 22.2 Å². The molecule has 1 fully saturated rings. The Bertz CT molecular complexity index is 1220. The number of amides is 1. The summed E-state index contributed by atoms with van der Waals surface area (Å²) >= 11 is 8.06. The topological polar surface area (TPSA) is 84.7 Å². The number of hydrogen-bond acceptors (Lipinski definition) is 6. The molecule has 1 aliphatic rings. The summed E-state index contributed by atoms with van der Waals surface area (Å²) in [6.45, 7) is 2.32. The number of halogens is 1. The van der Waals surface area contributed by atoms with E-state index in [1.807, 2.05) is 35.4 Å². The molecule has 31 heavy (non-hydrogen) atoms. The fraction of sp³-hybridized carbons (Fsp3) is 0.273. The number of fused-ring (bicyclic) bond motifs is 1. The number of benzene rings is 1. The minimum Gasteiger partial charge on any atom is -0.324 e. The van der Waals surface area contributed by atoms with E-state index in [0.717, 1.165) is 47.2 Å². The standard InChI is InChI=1S/C22H21ClN6OS/c23-18-9-25-21(28-22(30)15-2-1-5-24-8-15)7-17(18)14-3-4-19-20(6-14)29(12-26-19)10-16-11-31-13-27-16/h3-4,6-7,9,11-13,15,24H,1-2,5,8,10H2,(H,25,28,30). The van der Waals surface area contributed by atoms with Gasteiger partial charge in [0.25, 0.3) is 0 Å². The molecule has 0 aliphatic carbocycles. The van der Waals surface area contributed by atoms with Crippen LogP contribution in [0, 0.1) is 5.92 Å². The van der Waals surface area contributed by atoms with Gasteiger partial charge in [-0.15, -0.1) is 11.3 Å². The molecule has 1 aromatic carbocycles. The first-order chi connectivity index (χ1) is 15.2. The summed E-state index contributed by atoms with van der Waals surface area (Å²) in [7, 11) is 0. The molecule has 4 heterocycles. The number of thiazole rings is 1. The number of carbonyl (C=O) groups excluding carboxylic acids is 1. The second-order valence-corrected chi connectivity index (χ2v) is 8.76. The smallest absolute Gasteiger partial charge is 0.229 e. The maximum absolute atomic E-state index is 12.6. The zero-order valence-corrected chi connectivity index (χ0v) is 18.3. The van der Waals surface area contributed by atoms with Crippen molar-refractivity contribution in [3.8, 4) is 11.1 Å². The monoisotopic (exact) mass is 452 g/mol. The van der Waals surface area contributed by atoms with Crippen LogP contribution in [0.3, 0.4) is 0 Å². The van der Waals surface area contributed by atoms with E-state index in [1.54, 1.807) is 17.5 Å². The molecule has 7 nitrogen and oxygen atoms in total. The molecule has 0 bridgehead atoms. The Balaban J connectivity index is 1.43. The van der Waals surface area contributed by atoms with Crippen LogP contribution >= 0.6 is 22.9 Å². The number of piperidine rings is 1. The number of pyridine rings is 1. The summed E-state index contributed by atoms with van der Waals surface area (Å²) in [4.78, 5) is 25.8. The largest absolute Gasteiger partial charge is 0.324 e. The van der Waals surface area contributed by atoms with Crippen molar-refractivity contribution in [2.75, 3.05) is 18.4 Å². The van der Waals surface area contributed by atoms with E-state index < -0.39 is 0 Å². The van der Waals surface area contributed by atoms with Crippen LogP contribution in [0.2, 0.25) is 5.02 Å². The minimum atomic E-state index is -0.0360. The summed E-state index contributed by atoms with van der Waals surface area (Å²) in [5.41, 5.74) is 6.49. The van der Waals surface area contributed by atoms with Gasteiger partial charge in [-0.1, -0.05) is 17.7 Å². The Kier molecular flexibility index (Phi) is 5.67. The van der Waals surface area contributed by atoms with Crippen LogP contribution in [0.5, 0.6) is 0 Å². The lowest BCUT2D eigenvalue weighted by atomic mass is 9.99. The third-order valence-electron chi connectivity index (χ3n) is 5.52. The van der Waals surface area contributed by atoms with Crippen LogP contribution in [-0.4, -0.2) is 38.5 Å². The van der Waals surface area contributed by atoms with Crippen molar-refractivity contribution >= 4 is 45.7 Å². The molecule has 1 amide bonds. The minimum absolute atomic E-state index is 0.00948. The van der Waals surface area contributed by atoms with Gasteiger partial charge in [-0.05, 0) is 43.1 Å². The van der Waals surface area contributed by atoms with E-state index in [2.05, 4.69) is 36.2 Å². The third kappa shape index (κ3) is 4.32. The van der Waals surface area contributed by atoms with Crippen LogP contribution in [0.1, 0.15) is 18.5 Å². The molecular formula is C22H21ClN6OS. The van der Waals surface area contributed by atoms with Crippen molar-refractivity contribution in [2.24, 2.45) is 5.92 Å². The van der Waals surface area contributed by atoms with Gasteiger partial charge in [-0.2, -0.15) is 0 Å². The summed E-state index contributed by atoms with van der Waals surface area (Å²) in [5, 5.41) is 8.78. The molecule has 0 saturated carbocycles. The first-order valence-electron chi connectivity index (χ1n) is 10.2. The second-order valence-electron chi connectivity index (χ2n) is 7.64. The number of hydrogen-bond donors (Lipinski definition) is 2. The van der Waals surface area contributed by atoms with Gasteiger partial charge in [-0.3, -0.25) is 4.79 Å². The Morgan fingerprint density at radius 2 is 2.23 bits per heavy atom. The zero-order valence-electron chi connectivity index (χ0n) is 16.7. The molecule has 9 heteroatoms. The second kappa shape index (κ2) is 8.74. The number of carbonyl (C=O) groups is 1. The quantitative estimate of drug-likeness (QED) is 0.474. The Morgan fingerprint density at radius 3 is 3.03 bits per heavy atom. The average Bonchev–Trinajstić information content (AvgIpc) is 3.46. The van der Waals surface area contributed by atoms with Gasteiger partial charge in [0.05, 0.1) is 46.1 Å². The highest BCUT2D eigenvalue weighted by Gasteiger charge is 2.21. The number of imidazole rings is 1. The van der Waals surface area contributed by atoms with Crippen molar-refractivity contribution in [1.82, 2.24) is 24.8 Å². The van der Waals surface area contributed by atoms with Crippen LogP contribution in [-0.2, 0) is 11.3 Å². The molecule has 4 aromatic rings. The lowest BCUT2D eigenvalue weighted by Gasteiger charge is -2.21. The Hall–Kier alpha value is -2.81. The molecule has 5 rings (SSSR count). The van der Waals surface area contributed by atoms with Gasteiger partial charge in [-0.25, -0.2) is 15.0 Å². The van der Waals surface area contributed by atoms with Crippen molar-refractivity contribution in [1.29, 1.82) is 0 Å². The van der Waals surface area contributed by atoms with Crippen molar-refractivity contribution < 1.29 is 4.79 Å². The van der Waals surface area contributed by atoms with Gasteiger partial charge in [0.1, 0.15) is 5.82 Å². The van der Waals surface area contributed by atoms with Crippen molar-refractivity contribution in [2.45, 2.75) is 19.4 Å². The molecule has 0 spiro atoms. The van der Waals surface area contributed by atoms with Gasteiger partial charge >= 0.3 is 0 Å². The van der Waals surface area contributed by atoms with E-state index in [-0.39, 0.29) is 11.8 Å². The molecule has 1 atom stereocenters. The van der Waals surface area contributed by atoms with Crippen LogP contribution in [0.4, 0.5) is 5.82 Å². The SMILES string of the molecule is O=C(Nc1cc(-c2ccc3ncn(Cc4cscn4)c3c2)c(Cl)cn1)C1CCCNC1. The van der Waals surface area contributed by atoms with Gasteiger partial charge in [0.15, 0.2) is 0 Å². The molecule has 1 unspecified atom stereocenters. The number of nitrogens with zero attached hydrogens (tertiary/aromatic N) is 4. The summed E-state index contributed by atoms with van der Waals surface area (Å²) in [5.74, 6) is 0.460. The molecule has 2 N–H and O–H groups in total. The van der Waals surface area contributed by atoms with Crippen molar-refractivity contribution in [3.63, 3.8) is 0 Å². The number of nitrogens with one attached hydrogen (secondary N) is 2. The van der Waals surface area contributed by atoms with E-state index in [4.69, 9.17) is 11.6 Å². The lowest BCUT2D eigenvalue weighted by Crippen LogP contribution is -2.37. The van der Waals surface area contributed by atoms with Crippen molar-refractivity contribution in [3.05, 3.63) is 58.4 Å². The lowest BCUT2D eigenvalue weighted by molar-refractivity contribution is -0.120. The van der Waals surface area contributed by atoms with E-state index in [0.29, 0.717) is 23.9 Å². The van der Waals surface area contributed by atoms with Crippen LogP contribution < -0.4 is 10.6 Å².